The molecule has 0 fully saturated rings. The molecule has 0 saturated carbocycles. The predicted molar refractivity (Wildman–Crippen MR) is 120 cm³/mol. The normalized spacial score (nSPS) is 11.3. The monoisotopic (exact) mass is 407 g/mol. The topological polar surface area (TPSA) is 72.7 Å². The average molecular weight is 408 g/mol. The summed E-state index contributed by atoms with van der Waals surface area (Å²) in [6, 6.07) is 18.0. The van der Waals surface area contributed by atoms with Gasteiger partial charge in [0, 0.05) is 50.8 Å². The zero-order valence-electron chi connectivity index (χ0n) is 17.5. The Morgan fingerprint density at radius 1 is 1.10 bits per heavy atom. The quantitative estimate of drug-likeness (QED) is 0.303. The third-order valence-electron chi connectivity index (χ3n) is 4.33. The standard InChI is InChI=1S/C23H29N5O2/c1-3-24-23(27-20-7-4-8-22(17-20)30-16-6-15-29-2)25-18-19-9-11-21(12-10-19)28-14-5-13-26-28/h4-5,7-14,17H,3,6,15-16,18H2,1-2H3,(H2,24,25,27). The Morgan fingerprint density at radius 2 is 1.97 bits per heavy atom. The Labute approximate surface area is 177 Å². The first-order valence-corrected chi connectivity index (χ1v) is 10.1. The lowest BCUT2D eigenvalue weighted by molar-refractivity contribution is 0.172. The van der Waals surface area contributed by atoms with Gasteiger partial charge in [-0.2, -0.15) is 5.10 Å². The van der Waals surface area contributed by atoms with E-state index >= 15 is 0 Å². The number of aromatic nitrogens is 2. The zero-order chi connectivity index (χ0) is 21.0. The van der Waals surface area contributed by atoms with Crippen LogP contribution in [0.15, 0.2) is 72.0 Å². The number of hydrogen-bond donors (Lipinski definition) is 2. The average Bonchev–Trinajstić information content (AvgIpc) is 3.31. The Kier molecular flexibility index (Phi) is 8.29. The summed E-state index contributed by atoms with van der Waals surface area (Å²) in [6.45, 7) is 4.71. The molecule has 3 rings (SSSR count). The molecule has 1 aromatic heterocycles. The van der Waals surface area contributed by atoms with Crippen LogP contribution in [0.4, 0.5) is 5.69 Å². The number of benzene rings is 2. The number of guanidine groups is 1. The summed E-state index contributed by atoms with van der Waals surface area (Å²) in [5, 5.41) is 10.9. The SMILES string of the molecule is CCNC(=NCc1ccc(-n2cccn2)cc1)Nc1cccc(OCCCOC)c1. The summed E-state index contributed by atoms with van der Waals surface area (Å²) < 4.78 is 12.7. The fraction of sp³-hybridized carbons (Fsp3) is 0.304. The number of aliphatic imine (C=N–C) groups is 1. The van der Waals surface area contributed by atoms with Gasteiger partial charge in [0.15, 0.2) is 5.96 Å². The van der Waals surface area contributed by atoms with Crippen molar-refractivity contribution in [3.8, 4) is 11.4 Å². The Balaban J connectivity index is 1.60. The molecule has 2 aromatic carbocycles. The van der Waals surface area contributed by atoms with Crippen molar-refractivity contribution >= 4 is 11.6 Å². The van der Waals surface area contributed by atoms with Crippen molar-refractivity contribution in [2.75, 3.05) is 32.2 Å². The molecule has 0 unspecified atom stereocenters. The van der Waals surface area contributed by atoms with Gasteiger partial charge in [-0.05, 0) is 42.8 Å². The smallest absolute Gasteiger partial charge is 0.196 e. The number of nitrogens with zero attached hydrogens (tertiary/aromatic N) is 3. The van der Waals surface area contributed by atoms with Crippen LogP contribution >= 0.6 is 0 Å². The van der Waals surface area contributed by atoms with Crippen molar-refractivity contribution in [2.24, 2.45) is 4.99 Å². The highest BCUT2D eigenvalue weighted by molar-refractivity contribution is 5.93. The number of nitrogens with one attached hydrogen (secondary N) is 2. The van der Waals surface area contributed by atoms with Gasteiger partial charge in [-0.3, -0.25) is 0 Å². The first kappa shape index (κ1) is 21.4. The maximum atomic E-state index is 5.77. The highest BCUT2D eigenvalue weighted by Gasteiger charge is 2.02. The second-order valence-corrected chi connectivity index (χ2v) is 6.66. The van der Waals surface area contributed by atoms with E-state index < -0.39 is 0 Å². The van der Waals surface area contributed by atoms with E-state index in [1.54, 1.807) is 13.3 Å². The third-order valence-corrected chi connectivity index (χ3v) is 4.33. The summed E-state index contributed by atoms with van der Waals surface area (Å²) in [4.78, 5) is 4.70. The van der Waals surface area contributed by atoms with Crippen LogP contribution in [-0.2, 0) is 11.3 Å². The molecule has 3 aromatic rings. The zero-order valence-corrected chi connectivity index (χ0v) is 17.5. The molecule has 0 amide bonds. The molecule has 158 valence electrons. The number of hydrogen-bond acceptors (Lipinski definition) is 4. The van der Waals surface area contributed by atoms with Gasteiger partial charge in [0.1, 0.15) is 5.75 Å². The van der Waals surface area contributed by atoms with Crippen LogP contribution < -0.4 is 15.4 Å². The minimum absolute atomic E-state index is 0.571. The summed E-state index contributed by atoms with van der Waals surface area (Å²) in [7, 11) is 1.69. The minimum Gasteiger partial charge on any atom is -0.493 e. The number of methoxy groups -OCH3 is 1. The van der Waals surface area contributed by atoms with Crippen LogP contribution in [0.3, 0.4) is 0 Å². The molecule has 0 aliphatic heterocycles. The molecule has 1 heterocycles. The van der Waals surface area contributed by atoms with Gasteiger partial charge in [-0.15, -0.1) is 0 Å². The van der Waals surface area contributed by atoms with Gasteiger partial charge in [0.25, 0.3) is 0 Å². The molecular formula is C23H29N5O2. The second-order valence-electron chi connectivity index (χ2n) is 6.66. The molecule has 0 aliphatic rings. The molecule has 0 spiro atoms. The maximum absolute atomic E-state index is 5.77. The lowest BCUT2D eigenvalue weighted by atomic mass is 10.2. The predicted octanol–water partition coefficient (Wildman–Crippen LogP) is 3.87. The second kappa shape index (κ2) is 11.6. The van der Waals surface area contributed by atoms with Crippen molar-refractivity contribution in [1.29, 1.82) is 0 Å². The van der Waals surface area contributed by atoms with E-state index in [4.69, 9.17) is 14.5 Å². The van der Waals surface area contributed by atoms with Gasteiger partial charge < -0.3 is 20.1 Å². The molecule has 0 atom stereocenters. The van der Waals surface area contributed by atoms with E-state index in [0.717, 1.165) is 41.6 Å². The molecule has 2 N–H and O–H groups in total. The van der Waals surface area contributed by atoms with E-state index in [2.05, 4.69) is 27.9 Å². The number of ether oxygens (including phenoxy) is 2. The van der Waals surface area contributed by atoms with Crippen LogP contribution in [-0.4, -0.2) is 42.6 Å². The molecule has 0 aliphatic carbocycles. The van der Waals surface area contributed by atoms with Crippen LogP contribution in [0, 0.1) is 0 Å². The van der Waals surface area contributed by atoms with Crippen molar-refractivity contribution in [1.82, 2.24) is 15.1 Å². The van der Waals surface area contributed by atoms with E-state index in [9.17, 15) is 0 Å². The Bertz CT molecular complexity index is 908. The fourth-order valence-corrected chi connectivity index (χ4v) is 2.85. The van der Waals surface area contributed by atoms with Crippen LogP contribution in [0.2, 0.25) is 0 Å². The van der Waals surface area contributed by atoms with Crippen molar-refractivity contribution < 1.29 is 9.47 Å². The van der Waals surface area contributed by atoms with Crippen LogP contribution in [0.5, 0.6) is 5.75 Å². The number of anilines is 1. The molecule has 0 radical (unpaired) electrons. The van der Waals surface area contributed by atoms with Crippen molar-refractivity contribution in [2.45, 2.75) is 19.9 Å². The Morgan fingerprint density at radius 3 is 2.70 bits per heavy atom. The van der Waals surface area contributed by atoms with Gasteiger partial charge in [0.2, 0.25) is 0 Å². The molecular weight excluding hydrogens is 378 g/mol. The van der Waals surface area contributed by atoms with E-state index in [-0.39, 0.29) is 0 Å². The molecule has 7 heteroatoms. The van der Waals surface area contributed by atoms with Gasteiger partial charge >= 0.3 is 0 Å². The molecule has 30 heavy (non-hydrogen) atoms. The fourth-order valence-electron chi connectivity index (χ4n) is 2.85. The van der Waals surface area contributed by atoms with Gasteiger partial charge in [-0.1, -0.05) is 18.2 Å². The lowest BCUT2D eigenvalue weighted by Crippen LogP contribution is -2.30. The van der Waals surface area contributed by atoms with E-state index in [1.807, 2.05) is 60.3 Å². The third kappa shape index (κ3) is 6.63. The van der Waals surface area contributed by atoms with E-state index in [1.165, 1.54) is 0 Å². The summed E-state index contributed by atoms with van der Waals surface area (Å²) >= 11 is 0. The number of rotatable bonds is 10. The Hall–Kier alpha value is -3.32. The lowest BCUT2D eigenvalue weighted by Gasteiger charge is -2.13. The first-order chi connectivity index (χ1) is 14.8. The van der Waals surface area contributed by atoms with E-state index in [0.29, 0.717) is 19.8 Å². The van der Waals surface area contributed by atoms with Gasteiger partial charge in [0.05, 0.1) is 18.8 Å². The summed E-state index contributed by atoms with van der Waals surface area (Å²) in [5.41, 5.74) is 3.08. The largest absolute Gasteiger partial charge is 0.493 e. The summed E-state index contributed by atoms with van der Waals surface area (Å²) in [5.74, 6) is 1.55. The minimum atomic E-state index is 0.571. The van der Waals surface area contributed by atoms with Crippen LogP contribution in [0.25, 0.3) is 5.69 Å². The highest BCUT2D eigenvalue weighted by atomic mass is 16.5. The highest BCUT2D eigenvalue weighted by Crippen LogP contribution is 2.17. The maximum Gasteiger partial charge on any atom is 0.196 e. The molecule has 0 bridgehead atoms. The summed E-state index contributed by atoms with van der Waals surface area (Å²) in [6.07, 6.45) is 4.55. The van der Waals surface area contributed by atoms with Crippen molar-refractivity contribution in [3.05, 3.63) is 72.6 Å². The van der Waals surface area contributed by atoms with Gasteiger partial charge in [-0.25, -0.2) is 9.67 Å². The van der Waals surface area contributed by atoms with Crippen LogP contribution in [0.1, 0.15) is 18.9 Å². The van der Waals surface area contributed by atoms with Crippen molar-refractivity contribution in [3.63, 3.8) is 0 Å². The molecule has 0 saturated heterocycles. The first-order valence-electron chi connectivity index (χ1n) is 10.1. The molecule has 7 nitrogen and oxygen atoms in total.